The van der Waals surface area contributed by atoms with Crippen LogP contribution >= 0.6 is 0 Å². The zero-order valence-corrected chi connectivity index (χ0v) is 12.7. The molecule has 2 heterocycles. The van der Waals surface area contributed by atoms with Gasteiger partial charge in [0.1, 0.15) is 0 Å². The summed E-state index contributed by atoms with van der Waals surface area (Å²) in [5.41, 5.74) is -0.997. The molecule has 0 aromatic heterocycles. The monoisotopic (exact) mass is 291 g/mol. The van der Waals surface area contributed by atoms with Gasteiger partial charge in [0.15, 0.2) is 0 Å². The molecular weight excluding hydrogens is 266 g/mol. The molecule has 2 rings (SSSR count). The number of piperidine rings is 1. The van der Waals surface area contributed by atoms with Crippen LogP contribution < -0.4 is 0 Å². The summed E-state index contributed by atoms with van der Waals surface area (Å²) in [6.07, 6.45) is 3.29. The highest BCUT2D eigenvalue weighted by atomic mass is 32.2. The topological polar surface area (TPSA) is 66.8 Å². The summed E-state index contributed by atoms with van der Waals surface area (Å²) in [5, 5.41) is 10.2. The van der Waals surface area contributed by atoms with E-state index in [2.05, 4.69) is 0 Å². The van der Waals surface area contributed by atoms with Crippen molar-refractivity contribution < 1.29 is 18.3 Å². The minimum Gasteiger partial charge on any atom is -0.390 e. The minimum absolute atomic E-state index is 0.221. The minimum atomic E-state index is -3.10. The zero-order valence-electron chi connectivity index (χ0n) is 11.9. The molecule has 0 aliphatic carbocycles. The van der Waals surface area contributed by atoms with Crippen molar-refractivity contribution in [3.8, 4) is 0 Å². The van der Waals surface area contributed by atoms with Crippen LogP contribution in [0.4, 0.5) is 0 Å². The number of sulfonamides is 1. The molecule has 2 aliphatic rings. The van der Waals surface area contributed by atoms with Crippen molar-refractivity contribution in [2.75, 3.05) is 25.4 Å². The summed E-state index contributed by atoms with van der Waals surface area (Å²) >= 11 is 0. The Labute approximate surface area is 116 Å². The van der Waals surface area contributed by atoms with Crippen LogP contribution in [0.2, 0.25) is 0 Å². The average molecular weight is 291 g/mol. The molecule has 0 aromatic rings. The molecule has 19 heavy (non-hydrogen) atoms. The van der Waals surface area contributed by atoms with E-state index in [1.54, 1.807) is 4.31 Å². The third kappa shape index (κ3) is 3.48. The second kappa shape index (κ2) is 5.31. The van der Waals surface area contributed by atoms with E-state index in [1.807, 2.05) is 13.8 Å². The molecule has 112 valence electrons. The lowest BCUT2D eigenvalue weighted by atomic mass is 9.78. The van der Waals surface area contributed by atoms with Gasteiger partial charge in [-0.25, -0.2) is 12.7 Å². The van der Waals surface area contributed by atoms with Gasteiger partial charge in [-0.3, -0.25) is 0 Å². The van der Waals surface area contributed by atoms with Crippen molar-refractivity contribution in [3.05, 3.63) is 0 Å². The van der Waals surface area contributed by atoms with Gasteiger partial charge in [0.2, 0.25) is 10.0 Å². The van der Waals surface area contributed by atoms with Gasteiger partial charge in [0.05, 0.1) is 23.6 Å². The Morgan fingerprint density at radius 3 is 2.42 bits per heavy atom. The highest BCUT2D eigenvalue weighted by Crippen LogP contribution is 2.39. The van der Waals surface area contributed by atoms with E-state index in [-0.39, 0.29) is 11.4 Å². The molecule has 5 nitrogen and oxygen atoms in total. The third-order valence-corrected chi connectivity index (χ3v) is 6.32. The number of ether oxygens (including phenoxy) is 1. The number of hydrogen-bond donors (Lipinski definition) is 1. The maximum Gasteiger partial charge on any atom is 0.214 e. The quantitative estimate of drug-likeness (QED) is 0.846. The fraction of sp³-hybridized carbons (Fsp3) is 1.00. The number of aliphatic hydroxyl groups is 1. The summed E-state index contributed by atoms with van der Waals surface area (Å²) in [6, 6.07) is 0. The first-order valence-corrected chi connectivity index (χ1v) is 8.74. The van der Waals surface area contributed by atoms with Crippen LogP contribution in [0.3, 0.4) is 0 Å². The van der Waals surface area contributed by atoms with Gasteiger partial charge in [-0.1, -0.05) is 6.92 Å². The highest BCUT2D eigenvalue weighted by Gasteiger charge is 2.45. The molecule has 1 atom stereocenters. The first-order chi connectivity index (χ1) is 8.79. The van der Waals surface area contributed by atoms with E-state index >= 15 is 0 Å². The van der Waals surface area contributed by atoms with Gasteiger partial charge >= 0.3 is 0 Å². The molecule has 1 spiro atoms. The molecule has 2 saturated heterocycles. The van der Waals surface area contributed by atoms with Gasteiger partial charge in [-0.2, -0.15) is 0 Å². The van der Waals surface area contributed by atoms with Crippen molar-refractivity contribution in [1.82, 2.24) is 4.31 Å². The Bertz CT molecular complexity index is 410. The van der Waals surface area contributed by atoms with E-state index in [4.69, 9.17) is 4.74 Å². The van der Waals surface area contributed by atoms with Crippen molar-refractivity contribution in [1.29, 1.82) is 0 Å². The normalized spacial score (nSPS) is 32.6. The van der Waals surface area contributed by atoms with Gasteiger partial charge < -0.3 is 9.84 Å². The maximum atomic E-state index is 12.0. The predicted molar refractivity (Wildman–Crippen MR) is 73.4 cm³/mol. The molecule has 2 fully saturated rings. The van der Waals surface area contributed by atoms with Crippen LogP contribution in [0.25, 0.3) is 0 Å². The molecular formula is C13H25NO4S. The molecule has 2 aliphatic heterocycles. The van der Waals surface area contributed by atoms with E-state index in [0.717, 1.165) is 0 Å². The Kier molecular flexibility index (Phi) is 4.26. The van der Waals surface area contributed by atoms with Gasteiger partial charge in [0.25, 0.3) is 0 Å². The summed E-state index contributed by atoms with van der Waals surface area (Å²) in [7, 11) is -3.10. The molecule has 1 unspecified atom stereocenters. The van der Waals surface area contributed by atoms with Crippen LogP contribution in [0.1, 0.15) is 46.0 Å². The lowest BCUT2D eigenvalue weighted by Gasteiger charge is -2.47. The standard InChI is InChI=1S/C13H25NO4S/c1-3-10-19(16,17)14-7-4-13(5-8-14)11-12(2,15)6-9-18-13/h15H,3-11H2,1-2H3. The van der Waals surface area contributed by atoms with Crippen LogP contribution in [0, 0.1) is 0 Å². The zero-order chi connectivity index (χ0) is 14.1. The lowest BCUT2D eigenvalue weighted by Crippen LogP contribution is -2.54. The molecule has 0 bridgehead atoms. The summed E-state index contributed by atoms with van der Waals surface area (Å²) in [4.78, 5) is 0. The first kappa shape index (κ1) is 15.2. The number of hydrogen-bond acceptors (Lipinski definition) is 4. The van der Waals surface area contributed by atoms with Crippen LogP contribution in [0.5, 0.6) is 0 Å². The summed E-state index contributed by atoms with van der Waals surface area (Å²) in [5.74, 6) is 0.221. The predicted octanol–water partition coefficient (Wildman–Crippen LogP) is 1.12. The Balaban J connectivity index is 1.99. The first-order valence-electron chi connectivity index (χ1n) is 7.13. The van der Waals surface area contributed by atoms with E-state index in [0.29, 0.717) is 51.8 Å². The highest BCUT2D eigenvalue weighted by molar-refractivity contribution is 7.89. The van der Waals surface area contributed by atoms with Crippen molar-refractivity contribution in [2.24, 2.45) is 0 Å². The molecule has 6 heteroatoms. The van der Waals surface area contributed by atoms with Gasteiger partial charge in [0, 0.05) is 19.5 Å². The molecule has 0 saturated carbocycles. The second-order valence-electron chi connectivity index (χ2n) is 6.17. The molecule has 1 N–H and O–H groups in total. The third-order valence-electron chi connectivity index (χ3n) is 4.24. The molecule has 0 aromatic carbocycles. The van der Waals surface area contributed by atoms with Crippen LogP contribution in [0.15, 0.2) is 0 Å². The Morgan fingerprint density at radius 1 is 1.26 bits per heavy atom. The molecule has 0 radical (unpaired) electrons. The number of rotatable bonds is 3. The number of nitrogens with zero attached hydrogens (tertiary/aromatic N) is 1. The SMILES string of the molecule is CCCS(=O)(=O)N1CCC2(CC1)CC(C)(O)CCO2. The second-order valence-corrected chi connectivity index (χ2v) is 8.26. The smallest absolute Gasteiger partial charge is 0.214 e. The van der Waals surface area contributed by atoms with Crippen LogP contribution in [-0.4, -0.2) is 54.5 Å². The van der Waals surface area contributed by atoms with E-state index < -0.39 is 15.6 Å². The van der Waals surface area contributed by atoms with Gasteiger partial charge in [-0.15, -0.1) is 0 Å². The average Bonchev–Trinajstić information content (AvgIpc) is 2.27. The van der Waals surface area contributed by atoms with Gasteiger partial charge in [-0.05, 0) is 32.6 Å². The van der Waals surface area contributed by atoms with Crippen molar-refractivity contribution in [2.45, 2.75) is 57.2 Å². The Hall–Kier alpha value is -0.170. The Morgan fingerprint density at radius 2 is 1.89 bits per heavy atom. The summed E-state index contributed by atoms with van der Waals surface area (Å²) in [6.45, 7) is 5.31. The van der Waals surface area contributed by atoms with Crippen LogP contribution in [-0.2, 0) is 14.8 Å². The van der Waals surface area contributed by atoms with E-state index in [1.165, 1.54) is 0 Å². The molecule has 0 amide bonds. The lowest BCUT2D eigenvalue weighted by molar-refractivity contribution is -0.168. The van der Waals surface area contributed by atoms with Crippen molar-refractivity contribution in [3.63, 3.8) is 0 Å². The van der Waals surface area contributed by atoms with Crippen molar-refractivity contribution >= 4 is 10.0 Å². The van der Waals surface area contributed by atoms with E-state index in [9.17, 15) is 13.5 Å². The maximum absolute atomic E-state index is 12.0. The summed E-state index contributed by atoms with van der Waals surface area (Å²) < 4.78 is 31.5. The fourth-order valence-electron chi connectivity index (χ4n) is 3.20. The largest absolute Gasteiger partial charge is 0.390 e. The fourth-order valence-corrected chi connectivity index (χ4v) is 4.71.